The second-order valence-corrected chi connectivity index (χ2v) is 5.76. The molecule has 1 unspecified atom stereocenters. The van der Waals surface area contributed by atoms with Gasteiger partial charge in [0.2, 0.25) is 0 Å². The second-order valence-electron chi connectivity index (χ2n) is 3.98. The van der Waals surface area contributed by atoms with Crippen molar-refractivity contribution in [1.29, 1.82) is 0 Å². The Hall–Kier alpha value is -1.39. The van der Waals surface area contributed by atoms with Gasteiger partial charge in [-0.3, -0.25) is 4.21 Å². The zero-order valence-corrected chi connectivity index (χ0v) is 11.5. The van der Waals surface area contributed by atoms with Crippen LogP contribution in [0.1, 0.15) is 11.1 Å². The Morgan fingerprint density at radius 1 is 1.39 bits per heavy atom. The number of benzene rings is 1. The van der Waals surface area contributed by atoms with Crippen LogP contribution in [0, 0.1) is 6.92 Å². The van der Waals surface area contributed by atoms with E-state index in [-0.39, 0.29) is 0 Å². The van der Waals surface area contributed by atoms with Crippen molar-refractivity contribution in [2.75, 3.05) is 5.73 Å². The Bertz CT molecular complexity index is 601. The van der Waals surface area contributed by atoms with Gasteiger partial charge in [0, 0.05) is 11.2 Å². The number of aryl methyl sites for hydroxylation is 1. The fourth-order valence-corrected chi connectivity index (χ4v) is 3.13. The molecular formula is C13H13ClN2OS. The van der Waals surface area contributed by atoms with E-state index in [9.17, 15) is 4.21 Å². The van der Waals surface area contributed by atoms with E-state index in [0.29, 0.717) is 21.5 Å². The van der Waals surface area contributed by atoms with Crippen LogP contribution in [0.3, 0.4) is 0 Å². The number of nitrogens with two attached hydrogens (primary N) is 1. The van der Waals surface area contributed by atoms with Crippen LogP contribution < -0.4 is 5.73 Å². The Labute approximate surface area is 113 Å². The molecule has 18 heavy (non-hydrogen) atoms. The van der Waals surface area contributed by atoms with Crippen LogP contribution in [0.15, 0.2) is 41.6 Å². The molecule has 1 atom stereocenters. The minimum atomic E-state index is -1.28. The fraction of sp³-hybridized carbons (Fsp3) is 0.154. The molecule has 0 saturated carbocycles. The molecule has 0 bridgehead atoms. The summed E-state index contributed by atoms with van der Waals surface area (Å²) in [6.45, 7) is 1.96. The van der Waals surface area contributed by atoms with Crippen LogP contribution in [0.2, 0.25) is 5.02 Å². The highest BCUT2D eigenvalue weighted by atomic mass is 35.5. The lowest BCUT2D eigenvalue weighted by atomic mass is 10.2. The number of nitrogen functional groups attached to an aromatic ring is 1. The summed E-state index contributed by atoms with van der Waals surface area (Å²) in [5, 5.41) is 1.03. The highest BCUT2D eigenvalue weighted by Gasteiger charge is 2.11. The maximum Gasteiger partial charge on any atom is 0.150 e. The largest absolute Gasteiger partial charge is 0.396 e. The first-order valence-electron chi connectivity index (χ1n) is 5.42. The predicted molar refractivity (Wildman–Crippen MR) is 75.0 cm³/mol. The van der Waals surface area contributed by atoms with Crippen LogP contribution in [-0.4, -0.2) is 9.19 Å². The topological polar surface area (TPSA) is 56.0 Å². The summed E-state index contributed by atoms with van der Waals surface area (Å²) in [6, 6.07) is 9.09. The highest BCUT2D eigenvalue weighted by Crippen LogP contribution is 2.22. The van der Waals surface area contributed by atoms with Crippen LogP contribution in [0.25, 0.3) is 0 Å². The smallest absolute Gasteiger partial charge is 0.150 e. The lowest BCUT2D eigenvalue weighted by molar-refractivity contribution is 0.680. The van der Waals surface area contributed by atoms with Gasteiger partial charge in [-0.05, 0) is 36.2 Å². The number of hydrogen-bond donors (Lipinski definition) is 1. The lowest BCUT2D eigenvalue weighted by Crippen LogP contribution is -2.03. The van der Waals surface area contributed by atoms with Gasteiger partial charge >= 0.3 is 0 Å². The van der Waals surface area contributed by atoms with Crippen molar-refractivity contribution in [2.45, 2.75) is 17.7 Å². The van der Waals surface area contributed by atoms with Crippen molar-refractivity contribution in [1.82, 2.24) is 4.98 Å². The van der Waals surface area contributed by atoms with E-state index in [2.05, 4.69) is 4.98 Å². The number of nitrogens with zero attached hydrogens (tertiary/aromatic N) is 1. The Kier molecular flexibility index (Phi) is 3.99. The summed E-state index contributed by atoms with van der Waals surface area (Å²) >= 11 is 6.11. The summed E-state index contributed by atoms with van der Waals surface area (Å²) in [6.07, 6.45) is 1.58. The Balaban J connectivity index is 2.24. The molecule has 94 valence electrons. The monoisotopic (exact) mass is 280 g/mol. The number of anilines is 1. The SMILES string of the molecule is Cc1ccc(CS(=O)c2ncccc2N)c(Cl)c1. The summed E-state index contributed by atoms with van der Waals surface area (Å²) in [5.74, 6) is 0.320. The van der Waals surface area contributed by atoms with Gasteiger partial charge < -0.3 is 5.73 Å². The summed E-state index contributed by atoms with van der Waals surface area (Å²) in [5.41, 5.74) is 8.11. The quantitative estimate of drug-likeness (QED) is 0.940. The maximum atomic E-state index is 12.2. The van der Waals surface area contributed by atoms with Crippen LogP contribution in [0.5, 0.6) is 0 Å². The van der Waals surface area contributed by atoms with Crippen molar-refractivity contribution >= 4 is 28.1 Å². The molecule has 0 amide bonds. The summed E-state index contributed by atoms with van der Waals surface area (Å²) in [4.78, 5) is 4.05. The Morgan fingerprint density at radius 3 is 2.83 bits per heavy atom. The van der Waals surface area contributed by atoms with Gasteiger partial charge in [0.05, 0.1) is 22.2 Å². The predicted octanol–water partition coefficient (Wildman–Crippen LogP) is 2.93. The highest BCUT2D eigenvalue weighted by molar-refractivity contribution is 7.84. The van der Waals surface area contributed by atoms with Crippen molar-refractivity contribution in [3.63, 3.8) is 0 Å². The average Bonchev–Trinajstić information content (AvgIpc) is 2.33. The molecule has 0 aliphatic carbocycles. The Morgan fingerprint density at radius 2 is 2.17 bits per heavy atom. The number of halogens is 1. The number of hydrogen-bond acceptors (Lipinski definition) is 3. The summed E-state index contributed by atoms with van der Waals surface area (Å²) in [7, 11) is -1.28. The van der Waals surface area contributed by atoms with Crippen LogP contribution in [0.4, 0.5) is 5.69 Å². The van der Waals surface area contributed by atoms with E-state index in [1.807, 2.05) is 25.1 Å². The minimum Gasteiger partial charge on any atom is -0.396 e. The molecule has 0 aliphatic rings. The third kappa shape index (κ3) is 2.89. The molecule has 0 aliphatic heterocycles. The lowest BCUT2D eigenvalue weighted by Gasteiger charge is -2.06. The standard InChI is InChI=1S/C13H13ClN2OS/c1-9-4-5-10(11(14)7-9)8-18(17)13-12(15)3-2-6-16-13/h2-7H,8,15H2,1H3. The molecule has 1 aromatic carbocycles. The van der Waals surface area contributed by atoms with Gasteiger partial charge in [-0.15, -0.1) is 0 Å². The second kappa shape index (κ2) is 5.50. The average molecular weight is 281 g/mol. The van der Waals surface area contributed by atoms with E-state index < -0.39 is 10.8 Å². The summed E-state index contributed by atoms with van der Waals surface area (Å²) < 4.78 is 12.2. The van der Waals surface area contributed by atoms with Gasteiger partial charge in [0.15, 0.2) is 0 Å². The van der Waals surface area contributed by atoms with E-state index in [4.69, 9.17) is 17.3 Å². The van der Waals surface area contributed by atoms with E-state index >= 15 is 0 Å². The van der Waals surface area contributed by atoms with Gasteiger partial charge in [-0.25, -0.2) is 4.98 Å². The molecule has 2 N–H and O–H groups in total. The molecule has 0 saturated heterocycles. The van der Waals surface area contributed by atoms with E-state index in [1.54, 1.807) is 18.3 Å². The molecule has 0 fully saturated rings. The molecule has 0 spiro atoms. The molecule has 0 radical (unpaired) electrons. The third-order valence-corrected chi connectivity index (χ3v) is 4.21. The number of aromatic nitrogens is 1. The van der Waals surface area contributed by atoms with Crippen molar-refractivity contribution in [3.05, 3.63) is 52.7 Å². The van der Waals surface area contributed by atoms with Gasteiger partial charge in [0.1, 0.15) is 5.03 Å². The molecular weight excluding hydrogens is 268 g/mol. The third-order valence-electron chi connectivity index (χ3n) is 2.51. The zero-order valence-electron chi connectivity index (χ0n) is 9.89. The van der Waals surface area contributed by atoms with Gasteiger partial charge in [0.25, 0.3) is 0 Å². The van der Waals surface area contributed by atoms with Gasteiger partial charge in [-0.1, -0.05) is 23.7 Å². The number of pyridine rings is 1. The fourth-order valence-electron chi connectivity index (χ4n) is 1.57. The van der Waals surface area contributed by atoms with Crippen molar-refractivity contribution in [3.8, 4) is 0 Å². The first-order chi connectivity index (χ1) is 8.58. The molecule has 2 aromatic rings. The zero-order chi connectivity index (χ0) is 13.1. The maximum absolute atomic E-state index is 12.2. The molecule has 2 rings (SSSR count). The van der Waals surface area contributed by atoms with Crippen LogP contribution in [-0.2, 0) is 16.6 Å². The minimum absolute atomic E-state index is 0.320. The van der Waals surface area contributed by atoms with Gasteiger partial charge in [-0.2, -0.15) is 0 Å². The molecule has 1 heterocycles. The first kappa shape index (κ1) is 13.1. The first-order valence-corrected chi connectivity index (χ1v) is 7.11. The van der Waals surface area contributed by atoms with Crippen molar-refractivity contribution in [2.24, 2.45) is 0 Å². The van der Waals surface area contributed by atoms with E-state index in [0.717, 1.165) is 11.1 Å². The molecule has 3 nitrogen and oxygen atoms in total. The van der Waals surface area contributed by atoms with Crippen LogP contribution >= 0.6 is 11.6 Å². The normalized spacial score (nSPS) is 12.3. The molecule has 1 aromatic heterocycles. The van der Waals surface area contributed by atoms with E-state index in [1.165, 1.54) is 0 Å². The molecule has 5 heteroatoms. The van der Waals surface area contributed by atoms with Crippen molar-refractivity contribution < 1.29 is 4.21 Å². The number of rotatable bonds is 3.